The molecule has 1 aliphatic rings. The van der Waals surface area contributed by atoms with Crippen molar-refractivity contribution in [2.45, 2.75) is 43.5 Å². The Kier molecular flexibility index (Phi) is 5.07. The van der Waals surface area contributed by atoms with E-state index in [1.165, 1.54) is 0 Å². The van der Waals surface area contributed by atoms with Gasteiger partial charge in [-0.25, -0.2) is 8.42 Å². The van der Waals surface area contributed by atoms with Crippen molar-refractivity contribution in [2.75, 3.05) is 13.2 Å². The molecule has 20 heavy (non-hydrogen) atoms. The van der Waals surface area contributed by atoms with E-state index in [0.29, 0.717) is 34.9 Å². The van der Waals surface area contributed by atoms with Gasteiger partial charge in [0.15, 0.2) is 0 Å². The molecule has 0 amide bonds. The molecular weight excluding hydrogens is 298 g/mol. The molecule has 2 rings (SSSR count). The molecule has 1 aromatic rings. The van der Waals surface area contributed by atoms with Gasteiger partial charge in [-0.1, -0.05) is 17.7 Å². The molecule has 112 valence electrons. The van der Waals surface area contributed by atoms with Crippen LogP contribution < -0.4 is 0 Å². The topological polar surface area (TPSA) is 57.6 Å². The van der Waals surface area contributed by atoms with Crippen LogP contribution in [0.2, 0.25) is 5.02 Å². The number of nitrogens with zero attached hydrogens (tertiary/aromatic N) is 1. The van der Waals surface area contributed by atoms with Crippen LogP contribution in [0, 0.1) is 6.92 Å². The van der Waals surface area contributed by atoms with Gasteiger partial charge < -0.3 is 5.11 Å². The average Bonchev–Trinajstić information content (AvgIpc) is 3.22. The third kappa shape index (κ3) is 3.34. The molecule has 0 heterocycles. The van der Waals surface area contributed by atoms with E-state index in [-0.39, 0.29) is 12.6 Å². The highest BCUT2D eigenvalue weighted by Crippen LogP contribution is 2.34. The molecule has 1 aliphatic carbocycles. The van der Waals surface area contributed by atoms with E-state index in [2.05, 4.69) is 0 Å². The number of halogens is 1. The van der Waals surface area contributed by atoms with Gasteiger partial charge >= 0.3 is 0 Å². The van der Waals surface area contributed by atoms with Gasteiger partial charge in [0, 0.05) is 24.2 Å². The second-order valence-corrected chi connectivity index (χ2v) is 7.41. The van der Waals surface area contributed by atoms with E-state index in [0.717, 1.165) is 12.8 Å². The minimum absolute atomic E-state index is 0.0920. The smallest absolute Gasteiger partial charge is 0.243 e. The normalized spacial score (nSPS) is 15.8. The van der Waals surface area contributed by atoms with Crippen molar-refractivity contribution >= 4 is 21.6 Å². The summed E-state index contributed by atoms with van der Waals surface area (Å²) in [5.41, 5.74) is 0.599. The third-order valence-corrected chi connectivity index (χ3v) is 6.05. The third-order valence-electron chi connectivity index (χ3n) is 3.55. The Hall–Kier alpha value is -0.620. The lowest BCUT2D eigenvalue weighted by Gasteiger charge is -2.23. The monoisotopic (exact) mass is 317 g/mol. The number of rotatable bonds is 7. The zero-order valence-corrected chi connectivity index (χ0v) is 13.1. The predicted octanol–water partition coefficient (Wildman–Crippen LogP) is 2.57. The summed E-state index contributed by atoms with van der Waals surface area (Å²) in [6.07, 6.45) is 3.12. The van der Waals surface area contributed by atoms with Crippen LogP contribution >= 0.6 is 11.6 Å². The highest BCUT2D eigenvalue weighted by Gasteiger charge is 2.38. The first-order valence-corrected chi connectivity index (χ1v) is 8.68. The maximum atomic E-state index is 12.8. The summed E-state index contributed by atoms with van der Waals surface area (Å²) in [5, 5.41) is 9.32. The van der Waals surface area contributed by atoms with Crippen molar-refractivity contribution in [3.63, 3.8) is 0 Å². The highest BCUT2D eigenvalue weighted by atomic mass is 35.5. The van der Waals surface area contributed by atoms with E-state index in [9.17, 15) is 8.42 Å². The zero-order chi connectivity index (χ0) is 14.8. The van der Waals surface area contributed by atoms with Crippen LogP contribution in [-0.2, 0) is 10.0 Å². The first kappa shape index (κ1) is 15.8. The standard InChI is InChI=1S/C14H20ClNO3S/c1-11-13(15)5-4-6-14(11)20(18,19)16(12-7-8-12)9-2-3-10-17/h4-6,12,17H,2-3,7-10H2,1H3. The predicted molar refractivity (Wildman–Crippen MR) is 79.4 cm³/mol. The van der Waals surface area contributed by atoms with Crippen molar-refractivity contribution < 1.29 is 13.5 Å². The molecule has 1 aromatic carbocycles. The lowest BCUT2D eigenvalue weighted by molar-refractivity contribution is 0.275. The zero-order valence-electron chi connectivity index (χ0n) is 11.5. The Morgan fingerprint density at radius 1 is 1.35 bits per heavy atom. The van der Waals surface area contributed by atoms with Crippen LogP contribution in [0.25, 0.3) is 0 Å². The molecule has 0 spiro atoms. The van der Waals surface area contributed by atoms with Gasteiger partial charge in [0.25, 0.3) is 0 Å². The summed E-state index contributed by atoms with van der Waals surface area (Å²) < 4.78 is 27.1. The van der Waals surface area contributed by atoms with Crippen LogP contribution in [0.4, 0.5) is 0 Å². The molecule has 0 aliphatic heterocycles. The summed E-state index contributed by atoms with van der Waals surface area (Å²) in [5.74, 6) is 0. The average molecular weight is 318 g/mol. The quantitative estimate of drug-likeness (QED) is 0.786. The molecule has 6 heteroatoms. The van der Waals surface area contributed by atoms with E-state index >= 15 is 0 Å². The summed E-state index contributed by atoms with van der Waals surface area (Å²) in [4.78, 5) is 0.292. The molecule has 4 nitrogen and oxygen atoms in total. The van der Waals surface area contributed by atoms with E-state index < -0.39 is 10.0 Å². The second-order valence-electron chi connectivity index (χ2n) is 5.14. The van der Waals surface area contributed by atoms with E-state index in [4.69, 9.17) is 16.7 Å². The summed E-state index contributed by atoms with van der Waals surface area (Å²) in [6, 6.07) is 5.08. The molecule has 0 unspecified atom stereocenters. The number of hydrogen-bond acceptors (Lipinski definition) is 3. The van der Waals surface area contributed by atoms with Crippen LogP contribution in [0.5, 0.6) is 0 Å². The SMILES string of the molecule is Cc1c(Cl)cccc1S(=O)(=O)N(CCCCO)C1CC1. The number of benzene rings is 1. The number of hydrogen-bond donors (Lipinski definition) is 1. The molecule has 0 bridgehead atoms. The lowest BCUT2D eigenvalue weighted by Crippen LogP contribution is -2.34. The van der Waals surface area contributed by atoms with Gasteiger partial charge in [-0.2, -0.15) is 4.31 Å². The van der Waals surface area contributed by atoms with Crippen molar-refractivity contribution in [2.24, 2.45) is 0 Å². The maximum absolute atomic E-state index is 12.8. The molecule has 1 saturated carbocycles. The van der Waals surface area contributed by atoms with Gasteiger partial charge in [0.2, 0.25) is 10.0 Å². The van der Waals surface area contributed by atoms with Crippen LogP contribution in [0.3, 0.4) is 0 Å². The van der Waals surface area contributed by atoms with Crippen molar-refractivity contribution in [3.8, 4) is 0 Å². The fourth-order valence-electron chi connectivity index (χ4n) is 2.23. The van der Waals surface area contributed by atoms with Gasteiger partial charge in [-0.3, -0.25) is 0 Å². The Balaban J connectivity index is 2.28. The number of aliphatic hydroxyl groups is 1. The van der Waals surface area contributed by atoms with Gasteiger partial charge in [0.1, 0.15) is 0 Å². The molecule has 0 saturated heterocycles. The van der Waals surface area contributed by atoms with Gasteiger partial charge in [0.05, 0.1) is 4.90 Å². The molecular formula is C14H20ClNO3S. The minimum Gasteiger partial charge on any atom is -0.396 e. The van der Waals surface area contributed by atoms with Gasteiger partial charge in [-0.15, -0.1) is 0 Å². The summed E-state index contributed by atoms with van der Waals surface area (Å²) in [7, 11) is -3.50. The van der Waals surface area contributed by atoms with Crippen molar-refractivity contribution in [1.29, 1.82) is 0 Å². The molecule has 1 N–H and O–H groups in total. The second kappa shape index (κ2) is 6.43. The van der Waals surface area contributed by atoms with Crippen molar-refractivity contribution in [1.82, 2.24) is 4.31 Å². The summed E-state index contributed by atoms with van der Waals surface area (Å²) >= 11 is 6.03. The van der Waals surface area contributed by atoms with Gasteiger partial charge in [-0.05, 0) is 50.3 Å². The van der Waals surface area contributed by atoms with Crippen LogP contribution in [-0.4, -0.2) is 37.0 Å². The first-order chi connectivity index (χ1) is 9.48. The highest BCUT2D eigenvalue weighted by molar-refractivity contribution is 7.89. The number of unbranched alkanes of at least 4 members (excludes halogenated alkanes) is 1. The fraction of sp³-hybridized carbons (Fsp3) is 0.571. The van der Waals surface area contributed by atoms with Crippen molar-refractivity contribution in [3.05, 3.63) is 28.8 Å². The largest absolute Gasteiger partial charge is 0.396 e. The molecule has 0 aromatic heterocycles. The Labute approximate surface area is 125 Å². The molecule has 1 fully saturated rings. The number of sulfonamides is 1. The molecule has 0 radical (unpaired) electrons. The van der Waals surface area contributed by atoms with Crippen LogP contribution in [0.15, 0.2) is 23.1 Å². The molecule has 0 atom stereocenters. The van der Waals surface area contributed by atoms with E-state index in [1.54, 1.807) is 29.4 Å². The Morgan fingerprint density at radius 3 is 2.65 bits per heavy atom. The van der Waals surface area contributed by atoms with Crippen LogP contribution in [0.1, 0.15) is 31.2 Å². The number of aliphatic hydroxyl groups excluding tert-OH is 1. The maximum Gasteiger partial charge on any atom is 0.243 e. The van der Waals surface area contributed by atoms with E-state index in [1.807, 2.05) is 0 Å². The lowest BCUT2D eigenvalue weighted by atomic mass is 10.2. The Morgan fingerprint density at radius 2 is 2.05 bits per heavy atom. The summed E-state index contributed by atoms with van der Waals surface area (Å²) in [6.45, 7) is 2.28. The minimum atomic E-state index is -3.50. The fourth-order valence-corrected chi connectivity index (χ4v) is 4.44. The Bertz CT molecular complexity index is 570. The first-order valence-electron chi connectivity index (χ1n) is 6.86.